The van der Waals surface area contributed by atoms with E-state index in [4.69, 9.17) is 0 Å². The van der Waals surface area contributed by atoms with Gasteiger partial charge in [-0.25, -0.2) is 0 Å². The molecule has 0 spiro atoms. The molecule has 0 saturated heterocycles. The largest absolute Gasteiger partial charge is 0.152 e. The monoisotopic (exact) mass is 184 g/mol. The minimum Gasteiger partial charge on any atom is -0.152 e. The van der Waals surface area contributed by atoms with Crippen molar-refractivity contribution < 1.29 is 0 Å². The van der Waals surface area contributed by atoms with E-state index in [0.29, 0.717) is 0 Å². The van der Waals surface area contributed by atoms with Gasteiger partial charge in [0.15, 0.2) is 0 Å². The Bertz CT molecular complexity index is 522. The van der Waals surface area contributed by atoms with Crippen molar-refractivity contribution in [1.29, 1.82) is 0 Å². The number of fused-ring (bicyclic) bond motifs is 3. The summed E-state index contributed by atoms with van der Waals surface area (Å²) in [6, 6.07) is 13.0. The van der Waals surface area contributed by atoms with Crippen LogP contribution >= 0.6 is 11.3 Å². The molecule has 0 N–H and O–H groups in total. The molecule has 1 aromatic rings. The average Bonchev–Trinajstić information content (AvgIpc) is 2.56. The van der Waals surface area contributed by atoms with Crippen molar-refractivity contribution in [3.63, 3.8) is 0 Å². The van der Waals surface area contributed by atoms with E-state index in [1.165, 1.54) is 21.9 Å². The molecule has 0 saturated carbocycles. The Morgan fingerprint density at radius 2 is 1.92 bits per heavy atom. The van der Waals surface area contributed by atoms with Gasteiger partial charge in [0.05, 0.1) is 0 Å². The van der Waals surface area contributed by atoms with E-state index in [0.717, 1.165) is 0 Å². The molecular formula is C12H8S. The second kappa shape index (κ2) is 2.57. The first-order valence-electron chi connectivity index (χ1n) is 4.29. The first-order chi connectivity index (χ1) is 6.45. The van der Waals surface area contributed by atoms with Crippen molar-refractivity contribution in [2.75, 3.05) is 0 Å². The summed E-state index contributed by atoms with van der Waals surface area (Å²) in [5.41, 5.74) is 2.73. The molecule has 0 atom stereocenters. The topological polar surface area (TPSA) is 0 Å². The quantitative estimate of drug-likeness (QED) is 0.495. The summed E-state index contributed by atoms with van der Waals surface area (Å²) in [5, 5.41) is 7.05. The molecule has 3 rings (SSSR count). The van der Waals surface area contributed by atoms with Crippen LogP contribution < -0.4 is 0 Å². The molecule has 0 unspecified atom stereocenters. The van der Waals surface area contributed by atoms with E-state index >= 15 is 0 Å². The molecule has 1 aromatic carbocycles. The van der Waals surface area contributed by atoms with E-state index in [-0.39, 0.29) is 0 Å². The standard InChI is InChI=1S/C12H8S/c1-2-4-11-9(3-1)7-10-8-13-6-5-12(10)11/h1-8H. The van der Waals surface area contributed by atoms with Crippen LogP contribution in [0.15, 0.2) is 47.2 Å². The smallest absolute Gasteiger partial charge is 0.00146 e. The number of rotatable bonds is 0. The third-order valence-electron chi connectivity index (χ3n) is 2.38. The van der Waals surface area contributed by atoms with Crippen molar-refractivity contribution in [3.05, 3.63) is 47.2 Å². The second-order valence-corrected chi connectivity index (χ2v) is 3.94. The molecule has 0 radical (unpaired) electrons. The summed E-state index contributed by atoms with van der Waals surface area (Å²) in [4.78, 5) is 0. The summed E-state index contributed by atoms with van der Waals surface area (Å²) in [6.07, 6.45) is 0. The third kappa shape index (κ3) is 0.973. The zero-order chi connectivity index (χ0) is 8.67. The third-order valence-corrected chi connectivity index (χ3v) is 3.06. The van der Waals surface area contributed by atoms with Gasteiger partial charge in [0.2, 0.25) is 0 Å². The van der Waals surface area contributed by atoms with Gasteiger partial charge in [-0.15, -0.1) is 0 Å². The van der Waals surface area contributed by atoms with Gasteiger partial charge >= 0.3 is 0 Å². The van der Waals surface area contributed by atoms with Gasteiger partial charge in [0, 0.05) is 0 Å². The van der Waals surface area contributed by atoms with E-state index in [2.05, 4.69) is 47.2 Å². The average molecular weight is 184 g/mol. The molecule has 0 amide bonds. The molecule has 1 aliphatic heterocycles. The zero-order valence-corrected chi connectivity index (χ0v) is 7.84. The highest BCUT2D eigenvalue weighted by atomic mass is 32.1. The highest BCUT2D eigenvalue weighted by Gasteiger charge is 2.06. The van der Waals surface area contributed by atoms with E-state index in [1.54, 1.807) is 11.3 Å². The molecule has 62 valence electrons. The lowest BCUT2D eigenvalue weighted by molar-refractivity contribution is 1.83. The van der Waals surface area contributed by atoms with Gasteiger partial charge in [-0.05, 0) is 44.8 Å². The lowest BCUT2D eigenvalue weighted by atomic mass is 10.1. The predicted molar refractivity (Wildman–Crippen MR) is 58.4 cm³/mol. The van der Waals surface area contributed by atoms with Crippen LogP contribution in [0, 0.1) is 0 Å². The Labute approximate surface area is 80.8 Å². The Kier molecular flexibility index (Phi) is 1.41. The number of hydrogen-bond acceptors (Lipinski definition) is 1. The van der Waals surface area contributed by atoms with Crippen LogP contribution in [-0.2, 0) is 0 Å². The van der Waals surface area contributed by atoms with Crippen LogP contribution in [0.2, 0.25) is 0 Å². The number of benzene rings is 1. The lowest BCUT2D eigenvalue weighted by Gasteiger charge is -1.95. The summed E-state index contributed by atoms with van der Waals surface area (Å²) in [5.74, 6) is 0. The minimum absolute atomic E-state index is 1.34. The molecule has 0 fully saturated rings. The van der Waals surface area contributed by atoms with Crippen molar-refractivity contribution >= 4 is 22.1 Å². The molecule has 1 aliphatic carbocycles. The van der Waals surface area contributed by atoms with Gasteiger partial charge in [-0.3, -0.25) is 0 Å². The molecule has 0 bridgehead atoms. The lowest BCUT2D eigenvalue weighted by Crippen LogP contribution is -1.68. The fourth-order valence-electron chi connectivity index (χ4n) is 1.77. The van der Waals surface area contributed by atoms with Gasteiger partial charge in [0.25, 0.3) is 0 Å². The Morgan fingerprint density at radius 1 is 1.00 bits per heavy atom. The first-order valence-corrected chi connectivity index (χ1v) is 5.23. The molecule has 1 heteroatoms. The molecule has 2 aliphatic rings. The van der Waals surface area contributed by atoms with Gasteiger partial charge in [-0.2, -0.15) is 11.3 Å². The van der Waals surface area contributed by atoms with Crippen LogP contribution in [-0.4, -0.2) is 0 Å². The van der Waals surface area contributed by atoms with Gasteiger partial charge in [-0.1, -0.05) is 24.3 Å². The Morgan fingerprint density at radius 3 is 2.92 bits per heavy atom. The summed E-state index contributed by atoms with van der Waals surface area (Å²) in [6.45, 7) is 0. The van der Waals surface area contributed by atoms with E-state index in [9.17, 15) is 0 Å². The fourth-order valence-corrected chi connectivity index (χ4v) is 2.41. The maximum Gasteiger partial charge on any atom is -0.00146 e. The van der Waals surface area contributed by atoms with Crippen molar-refractivity contribution in [3.8, 4) is 11.1 Å². The second-order valence-electron chi connectivity index (χ2n) is 3.16. The van der Waals surface area contributed by atoms with Crippen LogP contribution in [0.4, 0.5) is 0 Å². The maximum absolute atomic E-state index is 2.25. The van der Waals surface area contributed by atoms with Crippen LogP contribution in [0.5, 0.6) is 0 Å². The Hall–Kier alpha value is -1.34. The van der Waals surface area contributed by atoms with Gasteiger partial charge in [0.1, 0.15) is 0 Å². The fraction of sp³-hybridized carbons (Fsp3) is 0. The Balaban J connectivity index is 2.56. The molecule has 0 aromatic heterocycles. The van der Waals surface area contributed by atoms with Crippen LogP contribution in [0.1, 0.15) is 0 Å². The number of hydrogen-bond donors (Lipinski definition) is 0. The summed E-state index contributed by atoms with van der Waals surface area (Å²) < 4.78 is 0. The van der Waals surface area contributed by atoms with Crippen LogP contribution in [0.25, 0.3) is 21.9 Å². The molecule has 1 heterocycles. The summed E-state index contributed by atoms with van der Waals surface area (Å²) >= 11 is 1.75. The van der Waals surface area contributed by atoms with E-state index in [1.807, 2.05) is 0 Å². The molecule has 13 heavy (non-hydrogen) atoms. The normalized spacial score (nSPS) is 11.1. The van der Waals surface area contributed by atoms with Crippen LogP contribution in [0.3, 0.4) is 0 Å². The minimum atomic E-state index is 1.34. The van der Waals surface area contributed by atoms with Crippen molar-refractivity contribution in [1.82, 2.24) is 0 Å². The van der Waals surface area contributed by atoms with Crippen molar-refractivity contribution in [2.45, 2.75) is 0 Å². The SMILES string of the molecule is c1ccc2c3ccscc-3cc2c1. The van der Waals surface area contributed by atoms with Gasteiger partial charge < -0.3 is 0 Å². The predicted octanol–water partition coefficient (Wildman–Crippen LogP) is 4.01. The zero-order valence-electron chi connectivity index (χ0n) is 7.03. The molecule has 0 nitrogen and oxygen atoms in total. The highest BCUT2D eigenvalue weighted by Crippen LogP contribution is 2.34. The molecular weight excluding hydrogens is 176 g/mol. The van der Waals surface area contributed by atoms with E-state index < -0.39 is 0 Å². The summed E-state index contributed by atoms with van der Waals surface area (Å²) in [7, 11) is 0. The highest BCUT2D eigenvalue weighted by molar-refractivity contribution is 7.08. The maximum atomic E-state index is 2.25. The van der Waals surface area contributed by atoms with Crippen molar-refractivity contribution in [2.24, 2.45) is 0 Å². The first kappa shape index (κ1) is 7.10.